The molecule has 1 heterocycles. The first-order valence-corrected chi connectivity index (χ1v) is 5.82. The second kappa shape index (κ2) is 4.40. The molecule has 0 aromatic heterocycles. The monoisotopic (exact) mass is 268 g/mol. The van der Waals surface area contributed by atoms with Crippen molar-refractivity contribution in [3.63, 3.8) is 0 Å². The van der Waals surface area contributed by atoms with Gasteiger partial charge in [0.15, 0.2) is 0 Å². The fourth-order valence-electron chi connectivity index (χ4n) is 2.43. The van der Waals surface area contributed by atoms with Crippen LogP contribution in [-0.4, -0.2) is 40.8 Å². The minimum absolute atomic E-state index is 0.00363. The van der Waals surface area contributed by atoms with Crippen molar-refractivity contribution in [1.29, 1.82) is 0 Å². The zero-order valence-corrected chi connectivity index (χ0v) is 10.9. The Balaban J connectivity index is 2.74. The van der Waals surface area contributed by atoms with Gasteiger partial charge in [0.05, 0.1) is 13.0 Å². The molecule has 19 heavy (non-hydrogen) atoms. The molecular formula is C13H16O6. The molecule has 0 saturated carbocycles. The van der Waals surface area contributed by atoms with Gasteiger partial charge in [-0.05, 0) is 18.1 Å². The van der Waals surface area contributed by atoms with Crippen LogP contribution >= 0.6 is 0 Å². The first-order valence-electron chi connectivity index (χ1n) is 5.82. The summed E-state index contributed by atoms with van der Waals surface area (Å²) in [6.45, 7) is 2.59. The molecule has 1 aromatic rings. The number of fused-ring (bicyclic) bond motifs is 1. The van der Waals surface area contributed by atoms with Crippen LogP contribution in [0.1, 0.15) is 34.3 Å². The lowest BCUT2D eigenvalue weighted by atomic mass is 9.83. The smallest absolute Gasteiger partial charge is 0.344 e. The van der Waals surface area contributed by atoms with Crippen LogP contribution in [-0.2, 0) is 4.74 Å². The number of carbonyl (C=O) groups is 1. The van der Waals surface area contributed by atoms with Crippen LogP contribution < -0.4 is 4.74 Å². The SMILES string of the molecule is COc1cc(O)c2c(c1C)[C@@H](C)[C@@](O)(CO)OC2=O. The molecule has 3 N–H and O–H groups in total. The van der Waals surface area contributed by atoms with E-state index in [2.05, 4.69) is 0 Å². The Morgan fingerprint density at radius 3 is 2.68 bits per heavy atom. The maximum atomic E-state index is 11.9. The molecule has 104 valence electrons. The number of aromatic hydroxyl groups is 1. The van der Waals surface area contributed by atoms with Crippen LogP contribution in [0.4, 0.5) is 0 Å². The summed E-state index contributed by atoms with van der Waals surface area (Å²) < 4.78 is 9.96. The van der Waals surface area contributed by atoms with Crippen molar-refractivity contribution in [3.05, 3.63) is 22.8 Å². The summed E-state index contributed by atoms with van der Waals surface area (Å²) >= 11 is 0. The number of carbonyl (C=O) groups excluding carboxylic acids is 1. The van der Waals surface area contributed by atoms with Crippen LogP contribution in [0.5, 0.6) is 11.5 Å². The predicted octanol–water partition coefficient (Wildman–Crippen LogP) is 0.664. The summed E-state index contributed by atoms with van der Waals surface area (Å²) in [6.07, 6.45) is 0. The lowest BCUT2D eigenvalue weighted by molar-refractivity contribution is -0.206. The van der Waals surface area contributed by atoms with Gasteiger partial charge < -0.3 is 24.8 Å². The quantitative estimate of drug-likeness (QED) is 0.682. The van der Waals surface area contributed by atoms with Gasteiger partial charge in [0.1, 0.15) is 23.7 Å². The van der Waals surface area contributed by atoms with Gasteiger partial charge in [-0.25, -0.2) is 4.79 Å². The number of hydrogen-bond donors (Lipinski definition) is 3. The van der Waals surface area contributed by atoms with Crippen molar-refractivity contribution in [1.82, 2.24) is 0 Å². The van der Waals surface area contributed by atoms with Gasteiger partial charge in [-0.1, -0.05) is 6.92 Å². The second-order valence-corrected chi connectivity index (χ2v) is 4.63. The van der Waals surface area contributed by atoms with Crippen molar-refractivity contribution in [2.24, 2.45) is 0 Å². The third kappa shape index (κ3) is 1.84. The molecule has 0 aliphatic carbocycles. The Morgan fingerprint density at radius 2 is 2.16 bits per heavy atom. The number of phenols is 1. The number of hydrogen-bond acceptors (Lipinski definition) is 6. The minimum Gasteiger partial charge on any atom is -0.507 e. The van der Waals surface area contributed by atoms with Gasteiger partial charge in [0.25, 0.3) is 0 Å². The van der Waals surface area contributed by atoms with Crippen LogP contribution in [0.25, 0.3) is 0 Å². The largest absolute Gasteiger partial charge is 0.507 e. The lowest BCUT2D eigenvalue weighted by Crippen LogP contribution is -2.47. The second-order valence-electron chi connectivity index (χ2n) is 4.63. The molecule has 2 rings (SSSR count). The Morgan fingerprint density at radius 1 is 1.53 bits per heavy atom. The van der Waals surface area contributed by atoms with Crippen LogP contribution in [0, 0.1) is 6.92 Å². The Labute approximate surface area is 110 Å². The summed E-state index contributed by atoms with van der Waals surface area (Å²) in [6, 6.07) is 1.32. The molecule has 6 nitrogen and oxygen atoms in total. The van der Waals surface area contributed by atoms with E-state index in [1.807, 2.05) is 0 Å². The summed E-state index contributed by atoms with van der Waals surface area (Å²) in [7, 11) is 1.44. The topological polar surface area (TPSA) is 96.2 Å². The average Bonchev–Trinajstić information content (AvgIpc) is 2.38. The highest BCUT2D eigenvalue weighted by molar-refractivity contribution is 5.96. The molecule has 0 amide bonds. The third-order valence-corrected chi connectivity index (χ3v) is 3.60. The molecular weight excluding hydrogens is 252 g/mol. The molecule has 0 radical (unpaired) electrons. The van der Waals surface area contributed by atoms with Gasteiger partial charge in [-0.3, -0.25) is 0 Å². The highest BCUT2D eigenvalue weighted by Gasteiger charge is 2.47. The Kier molecular flexibility index (Phi) is 3.15. The summed E-state index contributed by atoms with van der Waals surface area (Å²) in [5.41, 5.74) is 1.04. The number of ether oxygens (including phenoxy) is 2. The van der Waals surface area contributed by atoms with E-state index in [1.165, 1.54) is 13.2 Å². The third-order valence-electron chi connectivity index (χ3n) is 3.60. The number of methoxy groups -OCH3 is 1. The fraction of sp³-hybridized carbons (Fsp3) is 0.462. The van der Waals surface area contributed by atoms with Crippen LogP contribution in [0.15, 0.2) is 6.07 Å². The fourth-order valence-corrected chi connectivity index (χ4v) is 2.43. The van der Waals surface area contributed by atoms with E-state index < -0.39 is 24.3 Å². The summed E-state index contributed by atoms with van der Waals surface area (Å²) in [5, 5.41) is 29.3. The Hall–Kier alpha value is -1.79. The van der Waals surface area contributed by atoms with Gasteiger partial charge in [-0.15, -0.1) is 0 Å². The molecule has 0 spiro atoms. The zero-order valence-electron chi connectivity index (χ0n) is 10.9. The molecule has 1 aliphatic rings. The van der Waals surface area contributed by atoms with Crippen molar-refractivity contribution in [3.8, 4) is 11.5 Å². The first kappa shape index (κ1) is 13.6. The number of aliphatic hydroxyl groups is 2. The van der Waals surface area contributed by atoms with Crippen molar-refractivity contribution in [2.45, 2.75) is 25.6 Å². The van der Waals surface area contributed by atoms with E-state index >= 15 is 0 Å². The van der Waals surface area contributed by atoms with Gasteiger partial charge in [-0.2, -0.15) is 0 Å². The van der Waals surface area contributed by atoms with E-state index in [0.717, 1.165) is 0 Å². The number of esters is 1. The first-order chi connectivity index (χ1) is 8.85. The predicted molar refractivity (Wildman–Crippen MR) is 65.3 cm³/mol. The number of cyclic esters (lactones) is 1. The molecule has 0 bridgehead atoms. The van der Waals surface area contributed by atoms with Crippen molar-refractivity contribution < 1.29 is 29.6 Å². The standard InChI is InChI=1S/C13H16O6/c1-6-9(18-3)4-8(15)11-10(6)7(2)13(17,5-14)19-12(11)16/h4,7,14-15,17H,5H2,1-3H3/t7-,13-/m1/s1. The molecule has 6 heteroatoms. The lowest BCUT2D eigenvalue weighted by Gasteiger charge is -2.38. The van der Waals surface area contributed by atoms with Gasteiger partial charge in [0, 0.05) is 6.07 Å². The minimum atomic E-state index is -1.99. The number of aliphatic hydroxyl groups excluding tert-OH is 1. The van der Waals surface area contributed by atoms with Crippen LogP contribution in [0.3, 0.4) is 0 Å². The summed E-state index contributed by atoms with van der Waals surface area (Å²) in [4.78, 5) is 11.9. The number of benzene rings is 1. The molecule has 1 aliphatic heterocycles. The van der Waals surface area contributed by atoms with Crippen molar-refractivity contribution >= 4 is 5.97 Å². The van der Waals surface area contributed by atoms with Gasteiger partial charge >= 0.3 is 5.97 Å². The molecule has 2 atom stereocenters. The molecule has 0 unspecified atom stereocenters. The number of rotatable bonds is 2. The van der Waals surface area contributed by atoms with E-state index in [9.17, 15) is 20.1 Å². The maximum absolute atomic E-state index is 11.9. The molecule has 1 aromatic carbocycles. The van der Waals surface area contributed by atoms with E-state index in [-0.39, 0.29) is 11.3 Å². The highest BCUT2D eigenvalue weighted by Crippen LogP contribution is 2.44. The van der Waals surface area contributed by atoms with Crippen LogP contribution in [0.2, 0.25) is 0 Å². The average molecular weight is 268 g/mol. The van der Waals surface area contributed by atoms with E-state index in [0.29, 0.717) is 16.9 Å². The maximum Gasteiger partial charge on any atom is 0.344 e. The van der Waals surface area contributed by atoms with E-state index in [4.69, 9.17) is 9.47 Å². The van der Waals surface area contributed by atoms with E-state index in [1.54, 1.807) is 13.8 Å². The molecule has 0 fully saturated rings. The normalized spacial score (nSPS) is 25.7. The Bertz CT molecular complexity index is 538. The molecule has 0 saturated heterocycles. The highest BCUT2D eigenvalue weighted by atomic mass is 16.7. The zero-order chi connectivity index (χ0) is 14.4. The van der Waals surface area contributed by atoms with Crippen molar-refractivity contribution in [2.75, 3.05) is 13.7 Å². The number of phenolic OH excluding ortho intramolecular Hbond substituents is 1. The van der Waals surface area contributed by atoms with Gasteiger partial charge in [0.2, 0.25) is 5.79 Å². The summed E-state index contributed by atoms with van der Waals surface area (Å²) in [5.74, 6) is -3.42.